The summed E-state index contributed by atoms with van der Waals surface area (Å²) in [5.74, 6) is 0.948. The summed E-state index contributed by atoms with van der Waals surface area (Å²) in [5, 5.41) is 5.33. The van der Waals surface area contributed by atoms with Crippen LogP contribution in [0.3, 0.4) is 0 Å². The lowest BCUT2D eigenvalue weighted by Gasteiger charge is -2.27. The highest BCUT2D eigenvalue weighted by Gasteiger charge is 2.41. The number of carbonyl (C=O) groups is 3. The summed E-state index contributed by atoms with van der Waals surface area (Å²) in [5.41, 5.74) is 1.46. The van der Waals surface area contributed by atoms with Crippen LogP contribution in [-0.4, -0.2) is 74.6 Å². The van der Waals surface area contributed by atoms with Crippen LogP contribution in [0.2, 0.25) is 0 Å². The molecule has 2 N–H and O–H groups in total. The van der Waals surface area contributed by atoms with Gasteiger partial charge in [-0.05, 0) is 49.4 Å². The van der Waals surface area contributed by atoms with Crippen molar-refractivity contribution in [1.82, 2.24) is 4.90 Å². The molecule has 4 rings (SSSR count). The van der Waals surface area contributed by atoms with E-state index in [2.05, 4.69) is 16.6 Å². The maximum Gasteiger partial charge on any atom is 0.322 e. The first-order valence-electron chi connectivity index (χ1n) is 12.1. The number of terminal acetylenes is 1. The van der Waals surface area contributed by atoms with Crippen molar-refractivity contribution in [3.05, 3.63) is 53.8 Å². The lowest BCUT2D eigenvalue weighted by molar-refractivity contribution is -0.140. The zero-order chi connectivity index (χ0) is 27.2. The Labute approximate surface area is 220 Å². The van der Waals surface area contributed by atoms with Gasteiger partial charge in [-0.15, -0.1) is 6.42 Å². The number of morpholine rings is 1. The Balaban J connectivity index is 1.49. The van der Waals surface area contributed by atoms with E-state index < -0.39 is 36.2 Å². The van der Waals surface area contributed by atoms with Crippen LogP contribution in [0.1, 0.15) is 18.9 Å². The molecule has 3 atom stereocenters. The second-order valence-electron chi connectivity index (χ2n) is 8.87. The molecular weight excluding hydrogens is 495 g/mol. The lowest BCUT2D eigenvalue weighted by atomic mass is 10.1. The van der Waals surface area contributed by atoms with E-state index in [0.717, 1.165) is 0 Å². The van der Waals surface area contributed by atoms with Gasteiger partial charge in [-0.1, -0.05) is 5.92 Å². The Kier molecular flexibility index (Phi) is 8.58. The quantitative estimate of drug-likeness (QED) is 0.426. The first-order chi connectivity index (χ1) is 18.3. The van der Waals surface area contributed by atoms with Crippen LogP contribution in [0.25, 0.3) is 0 Å². The van der Waals surface area contributed by atoms with Gasteiger partial charge < -0.3 is 34.6 Å². The van der Waals surface area contributed by atoms with Crippen molar-refractivity contribution in [3.8, 4) is 12.3 Å². The zero-order valence-electron chi connectivity index (χ0n) is 21.1. The van der Waals surface area contributed by atoms with Crippen molar-refractivity contribution in [2.45, 2.75) is 31.8 Å². The molecule has 0 aliphatic carbocycles. The van der Waals surface area contributed by atoms with Gasteiger partial charge in [0.15, 0.2) is 6.29 Å². The molecule has 2 fully saturated rings. The van der Waals surface area contributed by atoms with Crippen molar-refractivity contribution < 1.29 is 33.0 Å². The first-order valence-corrected chi connectivity index (χ1v) is 12.1. The molecule has 2 aromatic rings. The largest absolute Gasteiger partial charge is 0.370 e. The summed E-state index contributed by atoms with van der Waals surface area (Å²) in [6.07, 6.45) is 4.54. The van der Waals surface area contributed by atoms with Gasteiger partial charge in [0.25, 0.3) is 5.91 Å². The summed E-state index contributed by atoms with van der Waals surface area (Å²) >= 11 is 0. The number of hydrogen-bond donors (Lipinski definition) is 2. The van der Waals surface area contributed by atoms with E-state index in [1.165, 1.54) is 29.0 Å². The minimum absolute atomic E-state index is 0.0701. The molecule has 0 spiro atoms. The Bertz CT molecular complexity index is 1230. The van der Waals surface area contributed by atoms with E-state index in [1.807, 2.05) is 0 Å². The van der Waals surface area contributed by atoms with Crippen molar-refractivity contribution in [2.24, 2.45) is 0 Å². The number of likely N-dealkylation sites (tertiary alicyclic amines) is 1. The van der Waals surface area contributed by atoms with Gasteiger partial charge in [0.05, 0.1) is 18.4 Å². The van der Waals surface area contributed by atoms with Crippen LogP contribution in [0.4, 0.5) is 26.2 Å². The maximum atomic E-state index is 14.9. The number of anilines is 3. The second kappa shape index (κ2) is 12.0. The number of benzene rings is 2. The zero-order valence-corrected chi connectivity index (χ0v) is 21.1. The predicted octanol–water partition coefficient (Wildman–Crippen LogP) is 2.79. The Morgan fingerprint density at radius 3 is 2.63 bits per heavy atom. The standard InChI is InChI=1S/C27H29FN4O6/c1-4-18-5-7-19(8-6-18)29-27(35)32-15-21(38-17(2)36-3)14-24(32)26(34)30-23-10-9-20(13-22(23)28)31-11-12-37-16-25(31)33/h1,5-10,13,17,21,24H,11-12,14-16H2,2-3H3,(H,29,35)(H,30,34). The summed E-state index contributed by atoms with van der Waals surface area (Å²) in [6.45, 7) is 2.42. The Morgan fingerprint density at radius 1 is 1.21 bits per heavy atom. The summed E-state index contributed by atoms with van der Waals surface area (Å²) < 4.78 is 31.0. The number of nitrogens with one attached hydrogen (secondary N) is 2. The number of halogens is 1. The summed E-state index contributed by atoms with van der Waals surface area (Å²) in [4.78, 5) is 41.2. The molecule has 38 heavy (non-hydrogen) atoms. The third-order valence-electron chi connectivity index (χ3n) is 6.35. The molecule has 0 aromatic heterocycles. The number of urea groups is 1. The third-order valence-corrected chi connectivity index (χ3v) is 6.35. The van der Waals surface area contributed by atoms with Crippen LogP contribution >= 0.6 is 0 Å². The highest BCUT2D eigenvalue weighted by Crippen LogP contribution is 2.27. The van der Waals surface area contributed by atoms with E-state index in [4.69, 9.17) is 20.6 Å². The van der Waals surface area contributed by atoms with Gasteiger partial charge in [0.2, 0.25) is 5.91 Å². The van der Waals surface area contributed by atoms with Gasteiger partial charge in [-0.25, -0.2) is 9.18 Å². The number of methoxy groups -OCH3 is 1. The second-order valence-corrected chi connectivity index (χ2v) is 8.87. The monoisotopic (exact) mass is 524 g/mol. The van der Waals surface area contributed by atoms with E-state index in [-0.39, 0.29) is 31.2 Å². The summed E-state index contributed by atoms with van der Waals surface area (Å²) in [7, 11) is 1.49. The highest BCUT2D eigenvalue weighted by molar-refractivity contribution is 6.00. The van der Waals surface area contributed by atoms with Crippen LogP contribution < -0.4 is 15.5 Å². The first kappa shape index (κ1) is 27.1. The van der Waals surface area contributed by atoms with Crippen LogP contribution in [0.5, 0.6) is 0 Å². The SMILES string of the molecule is C#Cc1ccc(NC(=O)N2CC(OC(C)OC)CC2C(=O)Nc2ccc(N3CCOCC3=O)cc2F)cc1. The molecule has 0 radical (unpaired) electrons. The number of nitrogens with zero attached hydrogens (tertiary/aromatic N) is 2. The van der Waals surface area contributed by atoms with Crippen LogP contribution in [-0.2, 0) is 23.8 Å². The fourth-order valence-electron chi connectivity index (χ4n) is 4.32. The molecule has 11 heteroatoms. The lowest BCUT2D eigenvalue weighted by Crippen LogP contribution is -2.45. The van der Waals surface area contributed by atoms with E-state index >= 15 is 0 Å². The fraction of sp³-hybridized carbons (Fsp3) is 0.370. The maximum absolute atomic E-state index is 14.9. The van der Waals surface area contributed by atoms with E-state index in [1.54, 1.807) is 37.3 Å². The number of rotatable bonds is 7. The molecule has 10 nitrogen and oxygen atoms in total. The third kappa shape index (κ3) is 6.28. The van der Waals surface area contributed by atoms with Crippen molar-refractivity contribution in [3.63, 3.8) is 0 Å². The van der Waals surface area contributed by atoms with Crippen LogP contribution in [0, 0.1) is 18.2 Å². The molecule has 4 amide bonds. The highest BCUT2D eigenvalue weighted by atomic mass is 19.1. The molecule has 3 unspecified atom stereocenters. The average molecular weight is 525 g/mol. The Morgan fingerprint density at radius 2 is 1.97 bits per heavy atom. The number of amides is 4. The molecule has 2 aromatic carbocycles. The van der Waals surface area contributed by atoms with Gasteiger partial charge in [0, 0.05) is 43.6 Å². The van der Waals surface area contributed by atoms with Crippen molar-refractivity contribution in [1.29, 1.82) is 0 Å². The molecule has 0 saturated carbocycles. The van der Waals surface area contributed by atoms with E-state index in [0.29, 0.717) is 30.1 Å². The molecule has 2 heterocycles. The minimum atomic E-state index is -0.936. The summed E-state index contributed by atoms with van der Waals surface area (Å²) in [6, 6.07) is 9.37. The molecular formula is C27H29FN4O6. The van der Waals surface area contributed by atoms with E-state index in [9.17, 15) is 18.8 Å². The van der Waals surface area contributed by atoms with Crippen molar-refractivity contribution in [2.75, 3.05) is 48.9 Å². The van der Waals surface area contributed by atoms with Gasteiger partial charge in [-0.2, -0.15) is 0 Å². The number of ether oxygens (including phenoxy) is 3. The van der Waals surface area contributed by atoms with Gasteiger partial charge >= 0.3 is 6.03 Å². The Hall–Kier alpha value is -3.98. The number of carbonyl (C=O) groups excluding carboxylic acids is 3. The van der Waals surface area contributed by atoms with Gasteiger partial charge in [-0.3, -0.25) is 9.59 Å². The van der Waals surface area contributed by atoms with Crippen LogP contribution in [0.15, 0.2) is 42.5 Å². The van der Waals surface area contributed by atoms with Crippen molar-refractivity contribution >= 4 is 34.9 Å². The molecule has 2 aliphatic rings. The smallest absolute Gasteiger partial charge is 0.322 e. The average Bonchev–Trinajstić information content (AvgIpc) is 3.34. The topological polar surface area (TPSA) is 109 Å². The molecule has 200 valence electrons. The van der Waals surface area contributed by atoms with Gasteiger partial charge in [0.1, 0.15) is 18.5 Å². The number of hydrogen-bond acceptors (Lipinski definition) is 6. The molecule has 2 saturated heterocycles. The minimum Gasteiger partial charge on any atom is -0.370 e. The predicted molar refractivity (Wildman–Crippen MR) is 138 cm³/mol. The fourth-order valence-corrected chi connectivity index (χ4v) is 4.32. The molecule has 2 aliphatic heterocycles. The molecule has 0 bridgehead atoms. The normalized spacial score (nSPS) is 20.1.